The van der Waals surface area contributed by atoms with E-state index >= 15 is 0 Å². The van der Waals surface area contributed by atoms with Crippen LogP contribution < -0.4 is 5.32 Å². The van der Waals surface area contributed by atoms with Crippen LogP contribution in [0.25, 0.3) is 10.8 Å². The lowest BCUT2D eigenvalue weighted by Gasteiger charge is -2.34. The predicted octanol–water partition coefficient (Wildman–Crippen LogP) is 2.45. The number of carbonyl (C=O) groups excluding carboxylic acids is 1. The largest absolute Gasteiger partial charge is 0.353 e. The Morgan fingerprint density at radius 2 is 1.72 bits per heavy atom. The minimum atomic E-state index is -3.61. The minimum absolute atomic E-state index is 0.00188. The van der Waals surface area contributed by atoms with Gasteiger partial charge >= 0.3 is 0 Å². The van der Waals surface area contributed by atoms with E-state index in [4.69, 9.17) is 0 Å². The van der Waals surface area contributed by atoms with Crippen LogP contribution in [0.2, 0.25) is 0 Å². The van der Waals surface area contributed by atoms with Gasteiger partial charge in [-0.2, -0.15) is 4.31 Å². The minimum Gasteiger partial charge on any atom is -0.353 e. The van der Waals surface area contributed by atoms with Gasteiger partial charge < -0.3 is 10.2 Å². The van der Waals surface area contributed by atoms with E-state index in [0.29, 0.717) is 17.9 Å². The van der Waals surface area contributed by atoms with Crippen molar-refractivity contribution in [1.82, 2.24) is 14.5 Å². The van der Waals surface area contributed by atoms with E-state index < -0.39 is 10.0 Å². The third-order valence-electron chi connectivity index (χ3n) is 6.18. The van der Waals surface area contributed by atoms with Crippen LogP contribution in [0.15, 0.2) is 47.4 Å². The summed E-state index contributed by atoms with van der Waals surface area (Å²) < 4.78 is 27.9. The molecule has 4 rings (SSSR count). The molecular weight excluding hydrogens is 386 g/mol. The third kappa shape index (κ3) is 4.47. The molecule has 7 heteroatoms. The molecule has 2 saturated heterocycles. The van der Waals surface area contributed by atoms with E-state index in [9.17, 15) is 13.2 Å². The van der Waals surface area contributed by atoms with Gasteiger partial charge in [0.25, 0.3) is 0 Å². The van der Waals surface area contributed by atoms with Gasteiger partial charge in [0.2, 0.25) is 15.9 Å². The Balaban J connectivity index is 1.45. The predicted molar refractivity (Wildman–Crippen MR) is 114 cm³/mol. The van der Waals surface area contributed by atoms with Gasteiger partial charge in [-0.15, -0.1) is 0 Å². The number of likely N-dealkylation sites (tertiary alicyclic amines) is 1. The van der Waals surface area contributed by atoms with Crippen LogP contribution in [0.3, 0.4) is 0 Å². The molecule has 2 heterocycles. The first-order chi connectivity index (χ1) is 13.9. The number of rotatable bonds is 4. The second kappa shape index (κ2) is 8.42. The summed E-state index contributed by atoms with van der Waals surface area (Å²) in [6.45, 7) is 2.69. The van der Waals surface area contributed by atoms with Crippen LogP contribution in [0.5, 0.6) is 0 Å². The summed E-state index contributed by atoms with van der Waals surface area (Å²) in [6.07, 6.45) is 3.35. The Labute approximate surface area is 172 Å². The molecule has 0 aliphatic carbocycles. The molecule has 29 heavy (non-hydrogen) atoms. The van der Waals surface area contributed by atoms with Gasteiger partial charge in [-0.25, -0.2) is 8.42 Å². The molecule has 2 fully saturated rings. The van der Waals surface area contributed by atoms with E-state index in [2.05, 4.69) is 17.3 Å². The molecule has 6 nitrogen and oxygen atoms in total. The SMILES string of the molecule is CN1CCC(NC(=O)[C@H]2CCCN(S(=O)(=O)c3ccc4ccccc4c3)C2)CC1. The van der Waals surface area contributed by atoms with Crippen LogP contribution in [0.4, 0.5) is 0 Å². The molecule has 0 aromatic heterocycles. The highest BCUT2D eigenvalue weighted by Gasteiger charge is 2.34. The lowest BCUT2D eigenvalue weighted by molar-refractivity contribution is -0.127. The number of piperidine rings is 2. The van der Waals surface area contributed by atoms with Crippen LogP contribution in [0, 0.1) is 5.92 Å². The Hall–Kier alpha value is -1.96. The highest BCUT2D eigenvalue weighted by atomic mass is 32.2. The fraction of sp³-hybridized carbons (Fsp3) is 0.500. The first kappa shape index (κ1) is 20.3. The lowest BCUT2D eigenvalue weighted by Crippen LogP contribution is -2.49. The fourth-order valence-electron chi connectivity index (χ4n) is 4.32. The standard InChI is InChI=1S/C22H29N3O3S/c1-24-13-10-20(11-14-24)23-22(26)19-7-4-12-25(16-19)29(27,28)21-9-8-17-5-2-3-6-18(17)15-21/h2-3,5-6,8-9,15,19-20H,4,7,10-14,16H2,1H3,(H,23,26)/t19-/m0/s1. The number of nitrogens with one attached hydrogen (secondary N) is 1. The van der Waals surface area contributed by atoms with Crippen LogP contribution in [-0.2, 0) is 14.8 Å². The summed E-state index contributed by atoms with van der Waals surface area (Å²) in [7, 11) is -1.52. The van der Waals surface area contributed by atoms with Crippen LogP contribution >= 0.6 is 0 Å². The first-order valence-corrected chi connectivity index (χ1v) is 11.9. The van der Waals surface area contributed by atoms with Crippen molar-refractivity contribution in [2.24, 2.45) is 5.92 Å². The second-order valence-corrected chi connectivity index (χ2v) is 10.2. The molecule has 2 aromatic carbocycles. The molecule has 2 aliphatic rings. The van der Waals surface area contributed by atoms with Crippen molar-refractivity contribution in [3.8, 4) is 0 Å². The molecule has 156 valence electrons. The molecule has 1 N–H and O–H groups in total. The van der Waals surface area contributed by atoms with Gasteiger partial charge in [-0.3, -0.25) is 4.79 Å². The maximum Gasteiger partial charge on any atom is 0.243 e. The van der Waals surface area contributed by atoms with Crippen LogP contribution in [0.1, 0.15) is 25.7 Å². The van der Waals surface area contributed by atoms with E-state index in [0.717, 1.165) is 43.1 Å². The number of carbonyl (C=O) groups is 1. The molecule has 0 radical (unpaired) electrons. The van der Waals surface area contributed by atoms with Crippen molar-refractivity contribution >= 4 is 26.7 Å². The average molecular weight is 416 g/mol. The van der Waals surface area contributed by atoms with Gasteiger partial charge in [0.15, 0.2) is 0 Å². The van der Waals surface area contributed by atoms with Gasteiger partial charge in [0.05, 0.1) is 10.8 Å². The monoisotopic (exact) mass is 415 g/mol. The second-order valence-electron chi connectivity index (χ2n) is 8.30. The van der Waals surface area contributed by atoms with E-state index in [1.165, 1.54) is 4.31 Å². The van der Waals surface area contributed by atoms with Crippen molar-refractivity contribution in [2.45, 2.75) is 36.6 Å². The molecule has 2 aliphatic heterocycles. The lowest BCUT2D eigenvalue weighted by atomic mass is 9.97. The smallest absolute Gasteiger partial charge is 0.243 e. The highest BCUT2D eigenvalue weighted by molar-refractivity contribution is 7.89. The first-order valence-electron chi connectivity index (χ1n) is 10.4. The van der Waals surface area contributed by atoms with E-state index in [-0.39, 0.29) is 24.4 Å². The summed E-state index contributed by atoms with van der Waals surface area (Å²) in [5, 5.41) is 5.08. The third-order valence-corrected chi connectivity index (χ3v) is 8.04. The Bertz CT molecular complexity index is 984. The van der Waals surface area contributed by atoms with Gasteiger partial charge in [0.1, 0.15) is 0 Å². The molecule has 2 aromatic rings. The number of hydrogen-bond donors (Lipinski definition) is 1. The average Bonchev–Trinajstić information content (AvgIpc) is 2.75. The summed E-state index contributed by atoms with van der Waals surface area (Å²) in [5.41, 5.74) is 0. The van der Waals surface area contributed by atoms with Gasteiger partial charge in [-0.05, 0) is 68.7 Å². The van der Waals surface area contributed by atoms with E-state index in [1.54, 1.807) is 12.1 Å². The van der Waals surface area contributed by atoms with Crippen LogP contribution in [-0.4, -0.2) is 62.8 Å². The van der Waals surface area contributed by atoms with Crippen molar-refractivity contribution in [3.63, 3.8) is 0 Å². The van der Waals surface area contributed by atoms with E-state index in [1.807, 2.05) is 30.3 Å². The Kier molecular flexibility index (Phi) is 5.90. The number of benzene rings is 2. The quantitative estimate of drug-likeness (QED) is 0.833. The normalized spacial score (nSPS) is 22.6. The summed E-state index contributed by atoms with van der Waals surface area (Å²) >= 11 is 0. The topological polar surface area (TPSA) is 69.7 Å². The summed E-state index contributed by atoms with van der Waals surface area (Å²) in [4.78, 5) is 15.3. The maximum atomic E-state index is 13.2. The number of fused-ring (bicyclic) bond motifs is 1. The molecule has 0 unspecified atom stereocenters. The summed E-state index contributed by atoms with van der Waals surface area (Å²) in [6, 6.07) is 13.2. The summed E-state index contributed by atoms with van der Waals surface area (Å²) in [5.74, 6) is -0.281. The highest BCUT2D eigenvalue weighted by Crippen LogP contribution is 2.26. The maximum absolute atomic E-state index is 13.2. The molecular formula is C22H29N3O3S. The molecule has 0 bridgehead atoms. The fourth-order valence-corrected chi connectivity index (χ4v) is 5.88. The zero-order chi connectivity index (χ0) is 20.4. The molecule has 1 atom stereocenters. The van der Waals surface area contributed by atoms with Crippen molar-refractivity contribution < 1.29 is 13.2 Å². The molecule has 0 spiro atoms. The van der Waals surface area contributed by atoms with Gasteiger partial charge in [0, 0.05) is 19.1 Å². The van der Waals surface area contributed by atoms with Crippen molar-refractivity contribution in [1.29, 1.82) is 0 Å². The zero-order valence-corrected chi connectivity index (χ0v) is 17.7. The Morgan fingerprint density at radius 3 is 2.48 bits per heavy atom. The number of amides is 1. The zero-order valence-electron chi connectivity index (χ0n) is 16.9. The Morgan fingerprint density at radius 1 is 1.00 bits per heavy atom. The number of sulfonamides is 1. The van der Waals surface area contributed by atoms with Crippen molar-refractivity contribution in [2.75, 3.05) is 33.2 Å². The van der Waals surface area contributed by atoms with Crippen molar-refractivity contribution in [3.05, 3.63) is 42.5 Å². The molecule has 0 saturated carbocycles. The van der Waals surface area contributed by atoms with Gasteiger partial charge in [-0.1, -0.05) is 30.3 Å². The number of hydrogen-bond acceptors (Lipinski definition) is 4. The number of nitrogens with zero attached hydrogens (tertiary/aromatic N) is 2. The molecule has 1 amide bonds.